The van der Waals surface area contributed by atoms with E-state index in [0.717, 1.165) is 6.54 Å². The number of nitrogens with one attached hydrogen (secondary N) is 1. The van der Waals surface area contributed by atoms with E-state index in [2.05, 4.69) is 54.1 Å². The second kappa shape index (κ2) is 6.04. The minimum Gasteiger partial charge on any atom is -0.395 e. The first-order valence-corrected chi connectivity index (χ1v) is 6.71. The van der Waals surface area contributed by atoms with E-state index in [4.69, 9.17) is 5.11 Å². The van der Waals surface area contributed by atoms with Gasteiger partial charge in [-0.05, 0) is 44.5 Å². The highest BCUT2D eigenvalue weighted by Gasteiger charge is 2.10. The van der Waals surface area contributed by atoms with Crippen LogP contribution in [-0.2, 0) is 6.54 Å². The number of nitrogens with zero attached hydrogens (tertiary/aromatic N) is 1. The van der Waals surface area contributed by atoms with Crippen molar-refractivity contribution in [3.63, 3.8) is 0 Å². The van der Waals surface area contributed by atoms with Crippen LogP contribution in [0.1, 0.15) is 23.9 Å². The summed E-state index contributed by atoms with van der Waals surface area (Å²) < 4.78 is 2.26. The zero-order valence-corrected chi connectivity index (χ0v) is 11.9. The molecule has 19 heavy (non-hydrogen) atoms. The van der Waals surface area contributed by atoms with Gasteiger partial charge in [-0.2, -0.15) is 0 Å². The van der Waals surface area contributed by atoms with Crippen LogP contribution >= 0.6 is 0 Å². The van der Waals surface area contributed by atoms with Gasteiger partial charge in [0.25, 0.3) is 0 Å². The number of para-hydroxylation sites is 1. The standard InChI is InChI=1S/C16H22N2O/c1-12(11-19)17-10-15-9-13(2)18(14(15)3)16-7-5-4-6-8-16/h4-9,12,17,19H,10-11H2,1-3H3/t12-/m1/s1. The number of benzene rings is 1. The van der Waals surface area contributed by atoms with Gasteiger partial charge in [-0.3, -0.25) is 0 Å². The molecule has 1 aromatic carbocycles. The Balaban J connectivity index is 2.25. The summed E-state index contributed by atoms with van der Waals surface area (Å²) in [6.45, 7) is 7.20. The average molecular weight is 258 g/mol. The number of hydrogen-bond donors (Lipinski definition) is 2. The molecule has 0 radical (unpaired) electrons. The SMILES string of the molecule is Cc1cc(CN[C@H](C)CO)c(C)n1-c1ccccc1. The average Bonchev–Trinajstić information content (AvgIpc) is 2.71. The molecule has 0 bridgehead atoms. The summed E-state index contributed by atoms with van der Waals surface area (Å²) >= 11 is 0. The van der Waals surface area contributed by atoms with E-state index >= 15 is 0 Å². The highest BCUT2D eigenvalue weighted by atomic mass is 16.3. The van der Waals surface area contributed by atoms with Gasteiger partial charge in [-0.1, -0.05) is 18.2 Å². The highest BCUT2D eigenvalue weighted by molar-refractivity contribution is 5.40. The second-order valence-corrected chi connectivity index (χ2v) is 5.03. The molecule has 0 fully saturated rings. The summed E-state index contributed by atoms with van der Waals surface area (Å²) in [6.07, 6.45) is 0. The van der Waals surface area contributed by atoms with Gasteiger partial charge in [0.1, 0.15) is 0 Å². The monoisotopic (exact) mass is 258 g/mol. The number of aryl methyl sites for hydroxylation is 1. The number of aromatic nitrogens is 1. The molecule has 102 valence electrons. The molecule has 3 heteroatoms. The lowest BCUT2D eigenvalue weighted by molar-refractivity contribution is 0.251. The Bertz CT molecular complexity index is 531. The Kier molecular flexibility index (Phi) is 4.40. The lowest BCUT2D eigenvalue weighted by atomic mass is 10.2. The van der Waals surface area contributed by atoms with Crippen LogP contribution in [0.25, 0.3) is 5.69 Å². The lowest BCUT2D eigenvalue weighted by Gasteiger charge is -2.12. The van der Waals surface area contributed by atoms with E-state index in [-0.39, 0.29) is 12.6 Å². The van der Waals surface area contributed by atoms with Crippen LogP contribution in [0, 0.1) is 13.8 Å². The van der Waals surface area contributed by atoms with Gasteiger partial charge in [-0.25, -0.2) is 0 Å². The van der Waals surface area contributed by atoms with E-state index in [0.29, 0.717) is 0 Å². The van der Waals surface area contributed by atoms with Crippen LogP contribution in [0.15, 0.2) is 36.4 Å². The second-order valence-electron chi connectivity index (χ2n) is 5.03. The number of hydrogen-bond acceptors (Lipinski definition) is 2. The van der Waals surface area contributed by atoms with Crippen LogP contribution < -0.4 is 5.32 Å². The Hall–Kier alpha value is -1.58. The van der Waals surface area contributed by atoms with E-state index in [1.807, 2.05) is 13.0 Å². The molecule has 2 rings (SSSR count). The molecule has 3 nitrogen and oxygen atoms in total. The van der Waals surface area contributed by atoms with Gasteiger partial charge >= 0.3 is 0 Å². The van der Waals surface area contributed by atoms with Crippen molar-refractivity contribution in [2.75, 3.05) is 6.61 Å². The number of rotatable bonds is 5. The van der Waals surface area contributed by atoms with E-state index < -0.39 is 0 Å². The third kappa shape index (κ3) is 3.06. The fraction of sp³-hybridized carbons (Fsp3) is 0.375. The molecule has 1 atom stereocenters. The largest absolute Gasteiger partial charge is 0.395 e. The van der Waals surface area contributed by atoms with E-state index in [9.17, 15) is 0 Å². The molecule has 0 saturated heterocycles. The topological polar surface area (TPSA) is 37.2 Å². The van der Waals surface area contributed by atoms with Gasteiger partial charge in [-0.15, -0.1) is 0 Å². The Morgan fingerprint density at radius 3 is 2.53 bits per heavy atom. The maximum Gasteiger partial charge on any atom is 0.0582 e. The molecule has 1 heterocycles. The molecule has 0 spiro atoms. The zero-order chi connectivity index (χ0) is 13.8. The molecule has 0 aliphatic heterocycles. The third-order valence-corrected chi connectivity index (χ3v) is 3.47. The molecule has 0 amide bonds. The van der Waals surface area contributed by atoms with Crippen molar-refractivity contribution in [1.82, 2.24) is 9.88 Å². The van der Waals surface area contributed by atoms with Gasteiger partial charge in [0.05, 0.1) is 6.61 Å². The van der Waals surface area contributed by atoms with Crippen molar-refractivity contribution >= 4 is 0 Å². The molecule has 2 aromatic rings. The summed E-state index contributed by atoms with van der Waals surface area (Å²) in [6, 6.07) is 12.7. The number of aliphatic hydroxyl groups excluding tert-OH is 1. The normalized spacial score (nSPS) is 12.6. The van der Waals surface area contributed by atoms with Crippen LogP contribution in [-0.4, -0.2) is 22.3 Å². The minimum atomic E-state index is 0.125. The predicted octanol–water partition coefficient (Wildman–Crippen LogP) is 2.56. The summed E-state index contributed by atoms with van der Waals surface area (Å²) in [5.74, 6) is 0. The van der Waals surface area contributed by atoms with E-state index in [1.54, 1.807) is 0 Å². The first kappa shape index (κ1) is 13.8. The van der Waals surface area contributed by atoms with Crippen molar-refractivity contribution in [3.8, 4) is 5.69 Å². The van der Waals surface area contributed by atoms with Crippen LogP contribution in [0.5, 0.6) is 0 Å². The molecular formula is C16H22N2O. The lowest BCUT2D eigenvalue weighted by Crippen LogP contribution is -2.28. The fourth-order valence-electron chi connectivity index (χ4n) is 2.33. The molecule has 2 N–H and O–H groups in total. The summed E-state index contributed by atoms with van der Waals surface area (Å²) in [4.78, 5) is 0. The van der Waals surface area contributed by atoms with Crippen molar-refractivity contribution in [1.29, 1.82) is 0 Å². The van der Waals surface area contributed by atoms with E-state index in [1.165, 1.54) is 22.6 Å². The van der Waals surface area contributed by atoms with Gasteiger partial charge in [0.15, 0.2) is 0 Å². The maximum absolute atomic E-state index is 9.05. The highest BCUT2D eigenvalue weighted by Crippen LogP contribution is 2.20. The summed E-state index contributed by atoms with van der Waals surface area (Å²) in [7, 11) is 0. The first-order valence-electron chi connectivity index (χ1n) is 6.71. The Morgan fingerprint density at radius 2 is 1.89 bits per heavy atom. The molecular weight excluding hydrogens is 236 g/mol. The van der Waals surface area contributed by atoms with Crippen molar-refractivity contribution in [2.24, 2.45) is 0 Å². The Morgan fingerprint density at radius 1 is 1.21 bits per heavy atom. The minimum absolute atomic E-state index is 0.125. The molecule has 0 unspecified atom stereocenters. The maximum atomic E-state index is 9.05. The van der Waals surface area contributed by atoms with Crippen LogP contribution in [0.2, 0.25) is 0 Å². The first-order chi connectivity index (χ1) is 9.13. The van der Waals surface area contributed by atoms with Gasteiger partial charge < -0.3 is 15.0 Å². The van der Waals surface area contributed by atoms with Crippen molar-refractivity contribution in [3.05, 3.63) is 53.3 Å². The van der Waals surface area contributed by atoms with Crippen LogP contribution in [0.3, 0.4) is 0 Å². The quantitative estimate of drug-likeness (QED) is 0.865. The van der Waals surface area contributed by atoms with Gasteiger partial charge in [0.2, 0.25) is 0 Å². The summed E-state index contributed by atoms with van der Waals surface area (Å²) in [5.41, 5.74) is 4.96. The predicted molar refractivity (Wildman–Crippen MR) is 78.6 cm³/mol. The molecule has 0 aliphatic rings. The third-order valence-electron chi connectivity index (χ3n) is 3.47. The Labute approximate surface area is 114 Å². The zero-order valence-electron chi connectivity index (χ0n) is 11.9. The number of aliphatic hydroxyl groups is 1. The van der Waals surface area contributed by atoms with Crippen molar-refractivity contribution in [2.45, 2.75) is 33.4 Å². The van der Waals surface area contributed by atoms with Gasteiger partial charge in [0, 0.05) is 29.7 Å². The summed E-state index contributed by atoms with van der Waals surface area (Å²) in [5, 5.41) is 12.4. The molecule has 0 aliphatic carbocycles. The smallest absolute Gasteiger partial charge is 0.0582 e. The van der Waals surface area contributed by atoms with Crippen LogP contribution in [0.4, 0.5) is 0 Å². The fourth-order valence-corrected chi connectivity index (χ4v) is 2.33. The molecule has 0 saturated carbocycles. The molecule has 1 aromatic heterocycles. The van der Waals surface area contributed by atoms with Crippen molar-refractivity contribution < 1.29 is 5.11 Å².